The molecule has 0 aliphatic carbocycles. The number of hydrogen-bond acceptors (Lipinski definition) is 7. The van der Waals surface area contributed by atoms with Crippen LogP contribution in [0.4, 0.5) is 0 Å². The molecule has 1 aliphatic heterocycles. The van der Waals surface area contributed by atoms with E-state index in [-0.39, 0.29) is 36.0 Å². The fraction of sp³-hybridized carbons (Fsp3) is 0.429. The zero-order valence-corrected chi connectivity index (χ0v) is 16.2. The topological polar surface area (TPSA) is 97.6 Å². The van der Waals surface area contributed by atoms with Crippen molar-refractivity contribution in [3.8, 4) is 28.7 Å². The standard InChI is InChI=1S/C21H26O7/c1-25-17-7-12(4-5-16(17)23)6-14-11-28-21(15(14)10-22)13-8-18(26-2)20(24)19(9-13)27-3/h4-5,7-9,14-15,21-24H,6,10-11H2,1-3H3. The van der Waals surface area contributed by atoms with Gasteiger partial charge in [-0.1, -0.05) is 6.07 Å². The Hall–Kier alpha value is -2.64. The number of methoxy groups -OCH3 is 3. The third kappa shape index (κ3) is 3.81. The van der Waals surface area contributed by atoms with E-state index in [2.05, 4.69) is 0 Å². The molecule has 7 heteroatoms. The van der Waals surface area contributed by atoms with Gasteiger partial charge in [-0.05, 0) is 47.7 Å². The zero-order chi connectivity index (χ0) is 20.3. The van der Waals surface area contributed by atoms with Crippen LogP contribution in [-0.2, 0) is 11.2 Å². The molecule has 3 unspecified atom stereocenters. The Bertz CT molecular complexity index is 795. The van der Waals surface area contributed by atoms with Gasteiger partial charge in [0.2, 0.25) is 5.75 Å². The molecule has 3 N–H and O–H groups in total. The minimum absolute atomic E-state index is 0.0456. The lowest BCUT2D eigenvalue weighted by Crippen LogP contribution is -2.21. The lowest BCUT2D eigenvalue weighted by molar-refractivity contribution is 0.0715. The Morgan fingerprint density at radius 1 is 0.964 bits per heavy atom. The number of aliphatic hydroxyl groups is 1. The molecule has 0 radical (unpaired) electrons. The van der Waals surface area contributed by atoms with Crippen molar-refractivity contribution in [2.75, 3.05) is 34.5 Å². The summed E-state index contributed by atoms with van der Waals surface area (Å²) in [6.45, 7) is 0.431. The molecule has 1 heterocycles. The van der Waals surface area contributed by atoms with E-state index < -0.39 is 0 Å². The highest BCUT2D eigenvalue weighted by Crippen LogP contribution is 2.45. The number of ether oxygens (including phenoxy) is 4. The lowest BCUT2D eigenvalue weighted by atomic mass is 9.84. The van der Waals surface area contributed by atoms with Gasteiger partial charge in [0.25, 0.3) is 0 Å². The predicted molar refractivity (Wildman–Crippen MR) is 102 cm³/mol. The molecule has 3 rings (SSSR count). The van der Waals surface area contributed by atoms with E-state index in [9.17, 15) is 15.3 Å². The van der Waals surface area contributed by atoms with Crippen LogP contribution in [0, 0.1) is 11.8 Å². The fourth-order valence-electron chi connectivity index (χ4n) is 3.75. The smallest absolute Gasteiger partial charge is 0.200 e. The first kappa shape index (κ1) is 20.1. The molecule has 1 aliphatic rings. The van der Waals surface area contributed by atoms with Crippen molar-refractivity contribution in [2.24, 2.45) is 11.8 Å². The third-order valence-corrected chi connectivity index (χ3v) is 5.27. The molecule has 3 atom stereocenters. The average Bonchev–Trinajstić information content (AvgIpc) is 3.12. The summed E-state index contributed by atoms with van der Waals surface area (Å²) in [5.74, 6) is 0.965. The normalized spacial score (nSPS) is 21.5. The predicted octanol–water partition coefficient (Wildman–Crippen LogP) is 2.66. The summed E-state index contributed by atoms with van der Waals surface area (Å²) in [7, 11) is 4.45. The highest BCUT2D eigenvalue weighted by Gasteiger charge is 2.38. The van der Waals surface area contributed by atoms with Crippen LogP contribution in [0.3, 0.4) is 0 Å². The molecule has 0 amide bonds. The van der Waals surface area contributed by atoms with Crippen LogP contribution in [0.25, 0.3) is 0 Å². The molecular formula is C21H26O7. The van der Waals surface area contributed by atoms with Crippen molar-refractivity contribution in [1.82, 2.24) is 0 Å². The number of hydrogen-bond donors (Lipinski definition) is 3. The zero-order valence-electron chi connectivity index (χ0n) is 16.2. The second-order valence-electron chi connectivity index (χ2n) is 6.84. The summed E-state index contributed by atoms with van der Waals surface area (Å²) in [5.41, 5.74) is 1.76. The van der Waals surface area contributed by atoms with Gasteiger partial charge in [-0.2, -0.15) is 0 Å². The minimum atomic E-state index is -0.350. The number of rotatable bonds is 7. The van der Waals surface area contributed by atoms with Crippen LogP contribution in [0.1, 0.15) is 17.2 Å². The maximum absolute atomic E-state index is 10.1. The van der Waals surface area contributed by atoms with Crippen LogP contribution in [0.2, 0.25) is 0 Å². The molecule has 1 saturated heterocycles. The van der Waals surface area contributed by atoms with Gasteiger partial charge >= 0.3 is 0 Å². The Labute approximate surface area is 164 Å². The summed E-state index contributed by atoms with van der Waals surface area (Å²) in [4.78, 5) is 0. The molecule has 2 aromatic rings. The maximum Gasteiger partial charge on any atom is 0.200 e. The van der Waals surface area contributed by atoms with Crippen LogP contribution >= 0.6 is 0 Å². The molecule has 1 fully saturated rings. The molecule has 0 aromatic heterocycles. The Balaban J connectivity index is 1.84. The lowest BCUT2D eigenvalue weighted by Gasteiger charge is -2.22. The molecule has 0 saturated carbocycles. The number of phenolic OH excluding ortho intramolecular Hbond substituents is 2. The molecule has 0 bridgehead atoms. The van der Waals surface area contributed by atoms with Crippen LogP contribution < -0.4 is 14.2 Å². The highest BCUT2D eigenvalue weighted by molar-refractivity contribution is 5.53. The van der Waals surface area contributed by atoms with Gasteiger partial charge in [-0.25, -0.2) is 0 Å². The van der Waals surface area contributed by atoms with Gasteiger partial charge in [-0.15, -0.1) is 0 Å². The van der Waals surface area contributed by atoms with Crippen molar-refractivity contribution in [1.29, 1.82) is 0 Å². The third-order valence-electron chi connectivity index (χ3n) is 5.27. The molecule has 2 aromatic carbocycles. The van der Waals surface area contributed by atoms with E-state index in [4.69, 9.17) is 18.9 Å². The van der Waals surface area contributed by atoms with Crippen LogP contribution in [0.15, 0.2) is 30.3 Å². The van der Waals surface area contributed by atoms with Crippen molar-refractivity contribution in [3.63, 3.8) is 0 Å². The quantitative estimate of drug-likeness (QED) is 0.669. The van der Waals surface area contributed by atoms with E-state index >= 15 is 0 Å². The SMILES string of the molecule is COc1cc(CC2COC(c3cc(OC)c(O)c(OC)c3)C2CO)ccc1O. The van der Waals surface area contributed by atoms with Crippen molar-refractivity contribution >= 4 is 0 Å². The van der Waals surface area contributed by atoms with Gasteiger partial charge in [-0.3, -0.25) is 0 Å². The first-order chi connectivity index (χ1) is 13.5. The van der Waals surface area contributed by atoms with Gasteiger partial charge < -0.3 is 34.3 Å². The first-order valence-electron chi connectivity index (χ1n) is 9.05. The Kier molecular flexibility index (Phi) is 6.16. The number of phenols is 2. The van der Waals surface area contributed by atoms with E-state index in [1.165, 1.54) is 21.3 Å². The van der Waals surface area contributed by atoms with Gasteiger partial charge in [0.1, 0.15) is 0 Å². The fourth-order valence-corrected chi connectivity index (χ4v) is 3.75. The van der Waals surface area contributed by atoms with Gasteiger partial charge in [0.15, 0.2) is 23.0 Å². The van der Waals surface area contributed by atoms with Crippen molar-refractivity contribution < 1.29 is 34.3 Å². The van der Waals surface area contributed by atoms with E-state index in [0.717, 1.165) is 11.1 Å². The highest BCUT2D eigenvalue weighted by atomic mass is 16.5. The van der Waals surface area contributed by atoms with Gasteiger partial charge in [0, 0.05) is 12.5 Å². The molecule has 0 spiro atoms. The largest absolute Gasteiger partial charge is 0.504 e. The summed E-state index contributed by atoms with van der Waals surface area (Å²) >= 11 is 0. The Morgan fingerprint density at radius 2 is 1.61 bits per heavy atom. The second kappa shape index (κ2) is 8.58. The summed E-state index contributed by atoms with van der Waals surface area (Å²) in [5, 5.41) is 29.9. The second-order valence-corrected chi connectivity index (χ2v) is 6.84. The molecule has 28 heavy (non-hydrogen) atoms. The van der Waals surface area contributed by atoms with E-state index in [0.29, 0.717) is 30.3 Å². The molecular weight excluding hydrogens is 364 g/mol. The van der Waals surface area contributed by atoms with E-state index in [1.807, 2.05) is 6.07 Å². The van der Waals surface area contributed by atoms with Crippen molar-refractivity contribution in [3.05, 3.63) is 41.5 Å². The number of aromatic hydroxyl groups is 2. The first-order valence-corrected chi connectivity index (χ1v) is 9.05. The summed E-state index contributed by atoms with van der Waals surface area (Å²) < 4.78 is 21.6. The maximum atomic E-state index is 10.1. The van der Waals surface area contributed by atoms with E-state index in [1.54, 1.807) is 24.3 Å². The minimum Gasteiger partial charge on any atom is -0.504 e. The average molecular weight is 390 g/mol. The van der Waals surface area contributed by atoms with Crippen LogP contribution in [-0.4, -0.2) is 49.9 Å². The van der Waals surface area contributed by atoms with Crippen LogP contribution in [0.5, 0.6) is 28.7 Å². The molecule has 7 nitrogen and oxygen atoms in total. The summed E-state index contributed by atoms with van der Waals surface area (Å²) in [6, 6.07) is 8.65. The number of benzene rings is 2. The summed E-state index contributed by atoms with van der Waals surface area (Å²) in [6.07, 6.45) is 0.322. The molecule has 152 valence electrons. The Morgan fingerprint density at radius 3 is 2.18 bits per heavy atom. The van der Waals surface area contributed by atoms with Gasteiger partial charge in [0.05, 0.1) is 34.0 Å². The number of aliphatic hydroxyl groups excluding tert-OH is 1. The monoisotopic (exact) mass is 390 g/mol. The van der Waals surface area contributed by atoms with Crippen molar-refractivity contribution in [2.45, 2.75) is 12.5 Å².